The fourth-order valence-electron chi connectivity index (χ4n) is 4.45. The molecule has 0 radical (unpaired) electrons. The van der Waals surface area contributed by atoms with Gasteiger partial charge in [-0.15, -0.1) is 0 Å². The molecule has 0 heteroatoms. The molecule has 0 bridgehead atoms. The van der Waals surface area contributed by atoms with E-state index in [1.54, 1.807) is 0 Å². The van der Waals surface area contributed by atoms with Crippen LogP contribution in [0, 0.1) is 12.8 Å². The van der Waals surface area contributed by atoms with E-state index in [0.29, 0.717) is 5.92 Å². The fourth-order valence-corrected chi connectivity index (χ4v) is 4.45. The number of rotatable bonds is 3. The molecule has 0 unspecified atom stereocenters. The van der Waals surface area contributed by atoms with Gasteiger partial charge in [-0.05, 0) is 82.0 Å². The number of fused-ring (bicyclic) bond motifs is 1. The molecule has 1 fully saturated rings. The molecular weight excluding hydrogens is 312 g/mol. The molecule has 2 aliphatic rings. The minimum atomic E-state index is 0.581. The third-order valence-electron chi connectivity index (χ3n) is 5.96. The van der Waals surface area contributed by atoms with E-state index in [9.17, 15) is 0 Å². The van der Waals surface area contributed by atoms with Crippen molar-refractivity contribution in [3.63, 3.8) is 0 Å². The summed E-state index contributed by atoms with van der Waals surface area (Å²) in [5.74, 6) is 1.35. The van der Waals surface area contributed by atoms with Gasteiger partial charge in [0.1, 0.15) is 0 Å². The minimum Gasteiger partial charge on any atom is -0.0741 e. The molecule has 0 amide bonds. The summed E-state index contributed by atoms with van der Waals surface area (Å²) in [5.41, 5.74) is 6.87. The van der Waals surface area contributed by atoms with E-state index in [2.05, 4.69) is 75.4 Å². The maximum Gasteiger partial charge on any atom is -0.00992 e. The second kappa shape index (κ2) is 7.27. The molecular formula is C26H30. The van der Waals surface area contributed by atoms with E-state index >= 15 is 0 Å². The Balaban J connectivity index is 1.75. The first kappa shape index (κ1) is 17.3. The zero-order valence-electron chi connectivity index (χ0n) is 16.4. The maximum atomic E-state index is 2.53. The Morgan fingerprint density at radius 2 is 1.65 bits per heavy atom. The van der Waals surface area contributed by atoms with Gasteiger partial charge in [0.2, 0.25) is 0 Å². The van der Waals surface area contributed by atoms with Crippen LogP contribution in [-0.4, -0.2) is 0 Å². The first-order chi connectivity index (χ1) is 12.6. The van der Waals surface area contributed by atoms with E-state index in [1.807, 2.05) is 0 Å². The first-order valence-electron chi connectivity index (χ1n) is 10.3. The molecule has 4 rings (SSSR count). The third-order valence-corrected chi connectivity index (χ3v) is 5.96. The van der Waals surface area contributed by atoms with Gasteiger partial charge in [0.25, 0.3) is 0 Å². The maximum absolute atomic E-state index is 2.53. The van der Waals surface area contributed by atoms with Crippen LogP contribution in [0.4, 0.5) is 0 Å². The summed E-state index contributed by atoms with van der Waals surface area (Å²) in [4.78, 5) is 0. The molecule has 0 nitrogen and oxygen atoms in total. The SMILES string of the molecule is Cc1cc(-c2ccc(C(C)C)cc2)c2c(c1)=CC(=CC1CCCCC1)C=2. The Morgan fingerprint density at radius 3 is 2.35 bits per heavy atom. The normalized spacial score (nSPS) is 18.7. The lowest BCUT2D eigenvalue weighted by atomic mass is 9.88. The van der Waals surface area contributed by atoms with Crippen molar-refractivity contribution in [3.05, 3.63) is 69.6 Å². The highest BCUT2D eigenvalue weighted by Gasteiger charge is 2.13. The summed E-state index contributed by atoms with van der Waals surface area (Å²) >= 11 is 0. The fraction of sp³-hybridized carbons (Fsp3) is 0.385. The van der Waals surface area contributed by atoms with Crippen LogP contribution in [0.5, 0.6) is 0 Å². The van der Waals surface area contributed by atoms with Gasteiger partial charge < -0.3 is 0 Å². The molecule has 2 aromatic carbocycles. The average Bonchev–Trinajstić information content (AvgIpc) is 3.04. The standard InChI is InChI=1S/C26H30/c1-18(2)22-9-11-23(12-10-22)25-14-19(3)13-24-16-21(17-26(24)25)15-20-7-5-4-6-8-20/h9-18,20H,4-8H2,1-3H3. The van der Waals surface area contributed by atoms with Crippen molar-refractivity contribution in [2.24, 2.45) is 5.92 Å². The number of allylic oxidation sites excluding steroid dienone is 2. The monoisotopic (exact) mass is 342 g/mol. The van der Waals surface area contributed by atoms with Gasteiger partial charge in [0, 0.05) is 0 Å². The van der Waals surface area contributed by atoms with Crippen molar-refractivity contribution < 1.29 is 0 Å². The lowest BCUT2D eigenvalue weighted by Gasteiger charge is -2.18. The second-order valence-electron chi connectivity index (χ2n) is 8.45. The Morgan fingerprint density at radius 1 is 0.923 bits per heavy atom. The molecule has 2 aliphatic carbocycles. The van der Waals surface area contributed by atoms with E-state index in [1.165, 1.54) is 70.4 Å². The molecule has 0 aromatic heterocycles. The number of hydrogen-bond donors (Lipinski definition) is 0. The number of aryl methyl sites for hydroxylation is 1. The smallest absolute Gasteiger partial charge is 0.00992 e. The molecule has 26 heavy (non-hydrogen) atoms. The average molecular weight is 343 g/mol. The van der Waals surface area contributed by atoms with E-state index < -0.39 is 0 Å². The van der Waals surface area contributed by atoms with Gasteiger partial charge in [-0.2, -0.15) is 0 Å². The highest BCUT2D eigenvalue weighted by atomic mass is 14.2. The summed E-state index contributed by atoms with van der Waals surface area (Å²) in [6.45, 7) is 6.72. The van der Waals surface area contributed by atoms with Gasteiger partial charge in [-0.3, -0.25) is 0 Å². The molecule has 0 heterocycles. The summed E-state index contributed by atoms with van der Waals surface area (Å²) in [5, 5.41) is 2.78. The summed E-state index contributed by atoms with van der Waals surface area (Å²) in [6, 6.07) is 13.8. The summed E-state index contributed by atoms with van der Waals surface area (Å²) < 4.78 is 0. The van der Waals surface area contributed by atoms with Crippen LogP contribution in [0.2, 0.25) is 0 Å². The van der Waals surface area contributed by atoms with Crippen LogP contribution in [0.1, 0.15) is 63.0 Å². The van der Waals surface area contributed by atoms with Gasteiger partial charge >= 0.3 is 0 Å². The van der Waals surface area contributed by atoms with Crippen LogP contribution in [-0.2, 0) is 0 Å². The Bertz CT molecular complexity index is 933. The van der Waals surface area contributed by atoms with Gasteiger partial charge in [-0.1, -0.05) is 75.6 Å². The van der Waals surface area contributed by atoms with E-state index in [0.717, 1.165) is 5.92 Å². The van der Waals surface area contributed by atoms with Gasteiger partial charge in [-0.25, -0.2) is 0 Å². The van der Waals surface area contributed by atoms with Crippen molar-refractivity contribution in [2.45, 2.75) is 58.8 Å². The molecule has 134 valence electrons. The summed E-state index contributed by atoms with van der Waals surface area (Å²) in [6.07, 6.45) is 14.3. The highest BCUT2D eigenvalue weighted by Crippen LogP contribution is 2.27. The minimum absolute atomic E-state index is 0.581. The quantitative estimate of drug-likeness (QED) is 0.654. The zero-order valence-corrected chi connectivity index (χ0v) is 16.4. The molecule has 1 saturated carbocycles. The number of hydrogen-bond acceptors (Lipinski definition) is 0. The third kappa shape index (κ3) is 3.56. The van der Waals surface area contributed by atoms with Crippen LogP contribution < -0.4 is 10.4 Å². The Kier molecular flexibility index (Phi) is 4.85. The van der Waals surface area contributed by atoms with Crippen LogP contribution in [0.3, 0.4) is 0 Å². The van der Waals surface area contributed by atoms with Crippen molar-refractivity contribution in [2.75, 3.05) is 0 Å². The predicted molar refractivity (Wildman–Crippen MR) is 114 cm³/mol. The first-order valence-corrected chi connectivity index (χ1v) is 10.3. The van der Waals surface area contributed by atoms with E-state index in [4.69, 9.17) is 0 Å². The Hall–Kier alpha value is -2.08. The van der Waals surface area contributed by atoms with Gasteiger partial charge in [0.15, 0.2) is 0 Å². The molecule has 0 saturated heterocycles. The zero-order chi connectivity index (χ0) is 18.1. The van der Waals surface area contributed by atoms with Crippen LogP contribution >= 0.6 is 0 Å². The molecule has 0 atom stereocenters. The lowest BCUT2D eigenvalue weighted by Crippen LogP contribution is -2.24. The topological polar surface area (TPSA) is 0 Å². The van der Waals surface area contributed by atoms with Crippen molar-refractivity contribution >= 4 is 12.2 Å². The second-order valence-corrected chi connectivity index (χ2v) is 8.45. The van der Waals surface area contributed by atoms with Gasteiger partial charge in [0.05, 0.1) is 0 Å². The molecule has 0 N–H and O–H groups in total. The Labute approximate surface area is 158 Å². The molecule has 2 aromatic rings. The predicted octanol–water partition coefficient (Wildman–Crippen LogP) is 5.87. The molecule has 0 spiro atoms. The lowest BCUT2D eigenvalue weighted by molar-refractivity contribution is 0.419. The van der Waals surface area contributed by atoms with Crippen molar-refractivity contribution in [1.82, 2.24) is 0 Å². The highest BCUT2D eigenvalue weighted by molar-refractivity contribution is 5.78. The van der Waals surface area contributed by atoms with Crippen LogP contribution in [0.15, 0.2) is 48.0 Å². The summed E-state index contributed by atoms with van der Waals surface area (Å²) in [7, 11) is 0. The number of benzene rings is 2. The van der Waals surface area contributed by atoms with Crippen LogP contribution in [0.25, 0.3) is 23.3 Å². The van der Waals surface area contributed by atoms with Crippen molar-refractivity contribution in [1.29, 1.82) is 0 Å². The van der Waals surface area contributed by atoms with E-state index in [-0.39, 0.29) is 0 Å². The molecule has 0 aliphatic heterocycles. The van der Waals surface area contributed by atoms with Crippen molar-refractivity contribution in [3.8, 4) is 11.1 Å². The largest absolute Gasteiger partial charge is 0.0741 e.